The standard InChI is InChI=1S/C27H33NO10/c1-12(29)38-16-9-26(2)13(5-6-17(26)30)18-20(16)27(3)11-37-25(35)19(21(27)23(32)22(18)31)15(10-36-4)28-8-7-14(28)24(33)34/h13-14,16-17,30,32H,5-11H2,1-4H3,(H,33,34). The number of nitrogens with zero attached hydrogens (tertiary/aromatic N) is 1. The van der Waals surface area contributed by atoms with E-state index in [9.17, 15) is 34.5 Å². The van der Waals surface area contributed by atoms with Crippen LogP contribution in [0.5, 0.6) is 0 Å². The number of aliphatic carboxylic acids is 1. The van der Waals surface area contributed by atoms with Gasteiger partial charge in [0.05, 0.1) is 29.4 Å². The molecule has 0 amide bonds. The summed E-state index contributed by atoms with van der Waals surface area (Å²) in [5, 5.41) is 32.0. The quantitative estimate of drug-likeness (QED) is 0.348. The van der Waals surface area contributed by atoms with Gasteiger partial charge in [0.15, 0.2) is 5.76 Å². The molecule has 11 heteroatoms. The largest absolute Gasteiger partial charge is 0.504 e. The van der Waals surface area contributed by atoms with E-state index in [1.54, 1.807) is 6.92 Å². The van der Waals surface area contributed by atoms with Crippen LogP contribution in [0, 0.1) is 16.7 Å². The van der Waals surface area contributed by atoms with E-state index < -0.39 is 58.5 Å². The molecule has 206 valence electrons. The molecule has 5 aliphatic rings. The van der Waals surface area contributed by atoms with E-state index in [2.05, 4.69) is 0 Å². The zero-order chi connectivity index (χ0) is 27.7. The number of carboxylic acids is 1. The lowest BCUT2D eigenvalue weighted by Crippen LogP contribution is -2.55. The van der Waals surface area contributed by atoms with E-state index in [1.165, 1.54) is 18.9 Å². The van der Waals surface area contributed by atoms with Gasteiger partial charge in [0, 0.05) is 37.1 Å². The van der Waals surface area contributed by atoms with Crippen molar-refractivity contribution >= 4 is 23.7 Å². The maximum atomic E-state index is 13.9. The minimum atomic E-state index is -1.24. The summed E-state index contributed by atoms with van der Waals surface area (Å²) in [4.78, 5) is 52.7. The molecule has 6 unspecified atom stereocenters. The molecule has 0 radical (unpaired) electrons. The number of fused-ring (bicyclic) bond motifs is 4. The highest BCUT2D eigenvalue weighted by Crippen LogP contribution is 2.62. The first kappa shape index (κ1) is 26.4. The van der Waals surface area contributed by atoms with Crippen molar-refractivity contribution in [1.29, 1.82) is 0 Å². The number of aliphatic hydroxyl groups is 2. The third kappa shape index (κ3) is 3.54. The van der Waals surface area contributed by atoms with Crippen LogP contribution in [0.4, 0.5) is 0 Å². The second-order valence-corrected chi connectivity index (χ2v) is 11.3. The lowest BCUT2D eigenvalue weighted by atomic mass is 9.55. The number of allylic oxidation sites excluding steroid dienone is 1. The Hall–Kier alpha value is -3.18. The number of esters is 2. The summed E-state index contributed by atoms with van der Waals surface area (Å²) in [6.45, 7) is 4.83. The van der Waals surface area contributed by atoms with Gasteiger partial charge in [-0.3, -0.25) is 9.59 Å². The number of hydrogen-bond acceptors (Lipinski definition) is 10. The van der Waals surface area contributed by atoms with Gasteiger partial charge in [-0.15, -0.1) is 0 Å². The second-order valence-electron chi connectivity index (χ2n) is 11.3. The van der Waals surface area contributed by atoms with E-state index in [-0.39, 0.29) is 42.4 Å². The van der Waals surface area contributed by atoms with Gasteiger partial charge in [-0.2, -0.15) is 0 Å². The lowest BCUT2D eigenvalue weighted by Gasteiger charge is -2.52. The van der Waals surface area contributed by atoms with Crippen LogP contribution in [0.1, 0.15) is 46.5 Å². The predicted octanol–water partition coefficient (Wildman–Crippen LogP) is 1.41. The number of cyclic esters (lactones) is 1. The second kappa shape index (κ2) is 8.94. The summed E-state index contributed by atoms with van der Waals surface area (Å²) >= 11 is 0. The van der Waals surface area contributed by atoms with Crippen molar-refractivity contribution in [3.8, 4) is 0 Å². The first-order chi connectivity index (χ1) is 17.9. The Kier molecular flexibility index (Phi) is 6.22. The molecule has 6 atom stereocenters. The topological polar surface area (TPSA) is 160 Å². The van der Waals surface area contributed by atoms with Gasteiger partial charge in [-0.05, 0) is 44.1 Å². The molecule has 38 heavy (non-hydrogen) atoms. The molecular formula is C27H33NO10. The monoisotopic (exact) mass is 531 g/mol. The average molecular weight is 532 g/mol. The number of aliphatic hydroxyl groups excluding tert-OH is 2. The smallest absolute Gasteiger partial charge is 0.340 e. The summed E-state index contributed by atoms with van der Waals surface area (Å²) in [6, 6.07) is -0.894. The predicted molar refractivity (Wildman–Crippen MR) is 129 cm³/mol. The number of methoxy groups -OCH3 is 1. The van der Waals surface area contributed by atoms with E-state index in [0.717, 1.165) is 0 Å². The maximum absolute atomic E-state index is 13.9. The van der Waals surface area contributed by atoms with Crippen LogP contribution in [0.25, 0.3) is 0 Å². The van der Waals surface area contributed by atoms with E-state index >= 15 is 0 Å². The Morgan fingerprint density at radius 2 is 1.89 bits per heavy atom. The Bertz CT molecular complexity index is 1230. The molecule has 0 aromatic heterocycles. The Morgan fingerprint density at radius 1 is 1.18 bits per heavy atom. The molecule has 5 rings (SSSR count). The molecule has 2 heterocycles. The highest BCUT2D eigenvalue weighted by molar-refractivity contribution is 6.13. The van der Waals surface area contributed by atoms with E-state index in [0.29, 0.717) is 37.0 Å². The number of Topliss-reactive ketones (excluding diaryl/α,β-unsaturated/α-hetero) is 1. The van der Waals surface area contributed by atoms with Crippen molar-refractivity contribution in [2.45, 2.75) is 64.7 Å². The normalized spacial score (nSPS) is 37.7. The third-order valence-electron chi connectivity index (χ3n) is 9.19. The molecule has 0 aromatic carbocycles. The van der Waals surface area contributed by atoms with E-state index in [4.69, 9.17) is 14.2 Å². The fourth-order valence-electron chi connectivity index (χ4n) is 7.30. The number of carbonyl (C=O) groups is 4. The summed E-state index contributed by atoms with van der Waals surface area (Å²) in [5.74, 6) is -4.13. The average Bonchev–Trinajstić information content (AvgIpc) is 3.10. The summed E-state index contributed by atoms with van der Waals surface area (Å²) < 4.78 is 16.7. The number of carboxylic acid groups (broad SMARTS) is 1. The SMILES string of the molecule is COCC(=C1C(=O)OCC2(C)C1=C(O)C(=O)C1=C2C(OC(C)=O)CC2(C)C(O)CCC12)N1CCC1C(=O)O. The number of ketones is 1. The highest BCUT2D eigenvalue weighted by atomic mass is 16.5. The van der Waals surface area contributed by atoms with Crippen LogP contribution in [-0.4, -0.2) is 89.0 Å². The number of rotatable bonds is 5. The molecule has 0 aromatic rings. The lowest BCUT2D eigenvalue weighted by molar-refractivity contribution is -0.152. The molecule has 3 fully saturated rings. The highest BCUT2D eigenvalue weighted by Gasteiger charge is 2.62. The van der Waals surface area contributed by atoms with Crippen molar-refractivity contribution in [3.05, 3.63) is 33.7 Å². The van der Waals surface area contributed by atoms with Gasteiger partial charge >= 0.3 is 17.9 Å². The van der Waals surface area contributed by atoms with Crippen LogP contribution >= 0.6 is 0 Å². The van der Waals surface area contributed by atoms with Crippen LogP contribution in [0.15, 0.2) is 33.7 Å². The van der Waals surface area contributed by atoms with Crippen LogP contribution in [0.3, 0.4) is 0 Å². The van der Waals surface area contributed by atoms with Crippen LogP contribution in [0.2, 0.25) is 0 Å². The van der Waals surface area contributed by atoms with Crippen molar-refractivity contribution in [2.75, 3.05) is 26.9 Å². The molecule has 3 N–H and O–H groups in total. The maximum Gasteiger partial charge on any atom is 0.340 e. The summed E-state index contributed by atoms with van der Waals surface area (Å²) in [6.07, 6.45) is -0.0273. The third-order valence-corrected chi connectivity index (χ3v) is 9.19. The Balaban J connectivity index is 1.74. The number of likely N-dealkylation sites (tertiary alicyclic amines) is 1. The molecule has 2 saturated heterocycles. The molecule has 0 bridgehead atoms. The summed E-state index contributed by atoms with van der Waals surface area (Å²) in [5.41, 5.74) is -1.11. The molecule has 1 saturated carbocycles. The summed E-state index contributed by atoms with van der Waals surface area (Å²) in [7, 11) is 1.40. The zero-order valence-corrected chi connectivity index (χ0v) is 21.9. The fraction of sp³-hybridized carbons (Fsp3) is 0.630. The Morgan fingerprint density at radius 3 is 2.47 bits per heavy atom. The Labute approximate surface area is 219 Å². The zero-order valence-electron chi connectivity index (χ0n) is 21.9. The van der Waals surface area contributed by atoms with Crippen LogP contribution in [-0.2, 0) is 33.4 Å². The number of ether oxygens (including phenoxy) is 3. The molecule has 3 aliphatic carbocycles. The van der Waals surface area contributed by atoms with Crippen molar-refractivity contribution in [1.82, 2.24) is 4.90 Å². The van der Waals surface area contributed by atoms with Gasteiger partial charge in [0.25, 0.3) is 0 Å². The first-order valence-electron chi connectivity index (χ1n) is 12.8. The minimum absolute atomic E-state index is 0.0277. The van der Waals surface area contributed by atoms with Gasteiger partial charge in [-0.25, -0.2) is 9.59 Å². The number of carbonyl (C=O) groups excluding carboxylic acids is 3. The van der Waals surface area contributed by atoms with Crippen molar-refractivity contribution in [3.63, 3.8) is 0 Å². The first-order valence-corrected chi connectivity index (χ1v) is 12.8. The molecule has 0 spiro atoms. The molecule has 2 aliphatic heterocycles. The molecule has 11 nitrogen and oxygen atoms in total. The minimum Gasteiger partial charge on any atom is -0.504 e. The molecular weight excluding hydrogens is 498 g/mol. The van der Waals surface area contributed by atoms with E-state index in [1.807, 2.05) is 6.92 Å². The van der Waals surface area contributed by atoms with Crippen molar-refractivity contribution < 1.29 is 48.7 Å². The number of hydrogen-bond donors (Lipinski definition) is 3. The van der Waals surface area contributed by atoms with Gasteiger partial charge < -0.3 is 34.4 Å². The van der Waals surface area contributed by atoms with Gasteiger partial charge in [-0.1, -0.05) is 6.92 Å². The van der Waals surface area contributed by atoms with Crippen molar-refractivity contribution in [2.24, 2.45) is 16.7 Å². The van der Waals surface area contributed by atoms with Gasteiger partial charge in [0.1, 0.15) is 18.8 Å². The fourth-order valence-corrected chi connectivity index (χ4v) is 7.30. The van der Waals surface area contributed by atoms with Gasteiger partial charge in [0.2, 0.25) is 5.78 Å². The van der Waals surface area contributed by atoms with Crippen LogP contribution < -0.4 is 0 Å².